The Hall–Kier alpha value is -1.12. The van der Waals surface area contributed by atoms with E-state index in [-0.39, 0.29) is 0 Å². The first kappa shape index (κ1) is 10.4. The lowest BCUT2D eigenvalue weighted by Crippen LogP contribution is -2.16. The maximum absolute atomic E-state index is 5.68. The van der Waals surface area contributed by atoms with Crippen molar-refractivity contribution in [1.29, 1.82) is 0 Å². The second-order valence-corrected chi connectivity index (χ2v) is 3.76. The van der Waals surface area contributed by atoms with Gasteiger partial charge in [0, 0.05) is 6.54 Å². The molecule has 0 radical (unpaired) electrons. The number of hydrogen-bond acceptors (Lipinski definition) is 2. The molecule has 1 fully saturated rings. The third-order valence-electron chi connectivity index (χ3n) is 2.55. The van der Waals surface area contributed by atoms with E-state index in [9.17, 15) is 0 Å². The molecule has 1 aromatic carbocycles. The van der Waals surface area contributed by atoms with Crippen LogP contribution in [0.5, 0.6) is 0 Å². The van der Waals surface area contributed by atoms with Gasteiger partial charge in [-0.3, -0.25) is 0 Å². The fourth-order valence-corrected chi connectivity index (χ4v) is 1.71. The van der Waals surface area contributed by atoms with Crippen LogP contribution in [-0.4, -0.2) is 25.8 Å². The van der Waals surface area contributed by atoms with Crippen molar-refractivity contribution >= 4 is 6.08 Å². The third kappa shape index (κ3) is 3.50. The molecule has 1 saturated heterocycles. The first-order valence-electron chi connectivity index (χ1n) is 5.49. The highest BCUT2D eigenvalue weighted by Gasteiger charge is 2.13. The molecule has 1 heterocycles. The summed E-state index contributed by atoms with van der Waals surface area (Å²) in [6, 6.07) is 10.3. The van der Waals surface area contributed by atoms with E-state index in [2.05, 4.69) is 29.6 Å². The predicted molar refractivity (Wildman–Crippen MR) is 62.7 cm³/mol. The molecule has 1 aliphatic heterocycles. The molecule has 0 bridgehead atoms. The van der Waals surface area contributed by atoms with Crippen LogP contribution in [-0.2, 0) is 4.74 Å². The molecule has 2 rings (SSSR count). The Morgan fingerprint density at radius 3 is 2.93 bits per heavy atom. The van der Waals surface area contributed by atoms with Gasteiger partial charge in [-0.25, -0.2) is 0 Å². The standard InChI is InChI=1S/C13H17NO/c1-2-5-12(6-3-1)7-4-10-15-13-8-9-14-11-13/h1-7,13-14H,8-11H2. The van der Waals surface area contributed by atoms with Crippen molar-refractivity contribution in [3.63, 3.8) is 0 Å². The van der Waals surface area contributed by atoms with Gasteiger partial charge in [0.1, 0.15) is 0 Å². The van der Waals surface area contributed by atoms with Gasteiger partial charge in [0.2, 0.25) is 0 Å². The summed E-state index contributed by atoms with van der Waals surface area (Å²) in [5.41, 5.74) is 1.23. The van der Waals surface area contributed by atoms with E-state index < -0.39 is 0 Å². The van der Waals surface area contributed by atoms with Crippen LogP contribution in [0.2, 0.25) is 0 Å². The Labute approximate surface area is 91.0 Å². The highest BCUT2D eigenvalue weighted by molar-refractivity contribution is 5.48. The largest absolute Gasteiger partial charge is 0.373 e. The van der Waals surface area contributed by atoms with Crippen LogP contribution in [0.3, 0.4) is 0 Å². The minimum atomic E-state index is 0.408. The first-order chi connectivity index (χ1) is 7.45. The van der Waals surface area contributed by atoms with Crippen LogP contribution in [0, 0.1) is 0 Å². The number of ether oxygens (including phenoxy) is 1. The molecule has 0 aliphatic carbocycles. The molecular formula is C13H17NO. The van der Waals surface area contributed by atoms with Gasteiger partial charge in [-0.05, 0) is 18.5 Å². The molecule has 1 N–H and O–H groups in total. The van der Waals surface area contributed by atoms with Crippen LogP contribution >= 0.6 is 0 Å². The second kappa shape index (κ2) is 5.69. The molecule has 0 amide bonds. The maximum Gasteiger partial charge on any atom is 0.0715 e. The molecule has 2 heteroatoms. The Kier molecular flexibility index (Phi) is 3.94. The van der Waals surface area contributed by atoms with Gasteiger partial charge < -0.3 is 10.1 Å². The SMILES string of the molecule is C(=Cc1ccccc1)COC1CCNC1. The minimum absolute atomic E-state index is 0.408. The molecule has 1 atom stereocenters. The molecule has 0 spiro atoms. The van der Waals surface area contributed by atoms with Crippen molar-refractivity contribution in [2.24, 2.45) is 0 Å². The topological polar surface area (TPSA) is 21.3 Å². The zero-order valence-electron chi connectivity index (χ0n) is 8.86. The number of rotatable bonds is 4. The number of benzene rings is 1. The quantitative estimate of drug-likeness (QED) is 0.809. The average Bonchev–Trinajstić information content (AvgIpc) is 2.79. The zero-order chi connectivity index (χ0) is 10.3. The van der Waals surface area contributed by atoms with E-state index in [0.717, 1.165) is 19.5 Å². The van der Waals surface area contributed by atoms with Gasteiger partial charge in [-0.15, -0.1) is 0 Å². The molecule has 0 saturated carbocycles. The van der Waals surface area contributed by atoms with Crippen molar-refractivity contribution in [3.05, 3.63) is 42.0 Å². The maximum atomic E-state index is 5.68. The third-order valence-corrected chi connectivity index (χ3v) is 2.55. The Bertz CT molecular complexity index is 302. The highest BCUT2D eigenvalue weighted by atomic mass is 16.5. The van der Waals surface area contributed by atoms with E-state index in [1.807, 2.05) is 18.2 Å². The Balaban J connectivity index is 1.71. The summed E-state index contributed by atoms with van der Waals surface area (Å²) < 4.78 is 5.68. The number of hydrogen-bond donors (Lipinski definition) is 1. The van der Waals surface area contributed by atoms with E-state index in [1.54, 1.807) is 0 Å². The Morgan fingerprint density at radius 2 is 2.20 bits per heavy atom. The second-order valence-electron chi connectivity index (χ2n) is 3.76. The zero-order valence-corrected chi connectivity index (χ0v) is 8.86. The first-order valence-corrected chi connectivity index (χ1v) is 5.49. The molecular weight excluding hydrogens is 186 g/mol. The van der Waals surface area contributed by atoms with Gasteiger partial charge in [0.15, 0.2) is 0 Å². The van der Waals surface area contributed by atoms with Crippen LogP contribution in [0.1, 0.15) is 12.0 Å². The lowest BCUT2D eigenvalue weighted by atomic mass is 10.2. The number of nitrogens with one attached hydrogen (secondary N) is 1. The fourth-order valence-electron chi connectivity index (χ4n) is 1.71. The Morgan fingerprint density at radius 1 is 1.33 bits per heavy atom. The van der Waals surface area contributed by atoms with E-state index in [0.29, 0.717) is 12.7 Å². The van der Waals surface area contributed by atoms with Gasteiger partial charge in [0.05, 0.1) is 12.7 Å². The van der Waals surface area contributed by atoms with E-state index in [1.165, 1.54) is 5.56 Å². The molecule has 15 heavy (non-hydrogen) atoms. The summed E-state index contributed by atoms with van der Waals surface area (Å²) in [5.74, 6) is 0. The van der Waals surface area contributed by atoms with Crippen molar-refractivity contribution in [2.45, 2.75) is 12.5 Å². The summed E-state index contributed by atoms with van der Waals surface area (Å²) in [5, 5.41) is 3.28. The van der Waals surface area contributed by atoms with Crippen LogP contribution in [0.15, 0.2) is 36.4 Å². The lowest BCUT2D eigenvalue weighted by Gasteiger charge is -2.07. The van der Waals surface area contributed by atoms with Gasteiger partial charge in [-0.2, -0.15) is 0 Å². The van der Waals surface area contributed by atoms with Gasteiger partial charge >= 0.3 is 0 Å². The molecule has 1 unspecified atom stereocenters. The van der Waals surface area contributed by atoms with Crippen LogP contribution in [0.4, 0.5) is 0 Å². The van der Waals surface area contributed by atoms with E-state index in [4.69, 9.17) is 4.74 Å². The summed E-state index contributed by atoms with van der Waals surface area (Å²) >= 11 is 0. The highest BCUT2D eigenvalue weighted by Crippen LogP contribution is 2.04. The minimum Gasteiger partial charge on any atom is -0.373 e. The van der Waals surface area contributed by atoms with Crippen molar-refractivity contribution in [2.75, 3.05) is 19.7 Å². The predicted octanol–water partition coefficient (Wildman–Crippen LogP) is 2.08. The fraction of sp³-hybridized carbons (Fsp3) is 0.385. The normalized spacial score (nSPS) is 21.2. The monoisotopic (exact) mass is 203 g/mol. The average molecular weight is 203 g/mol. The molecule has 2 nitrogen and oxygen atoms in total. The molecule has 1 aliphatic rings. The van der Waals surface area contributed by atoms with Crippen molar-refractivity contribution in [3.8, 4) is 0 Å². The summed E-state index contributed by atoms with van der Waals surface area (Å²) in [4.78, 5) is 0. The van der Waals surface area contributed by atoms with Crippen molar-refractivity contribution < 1.29 is 4.74 Å². The van der Waals surface area contributed by atoms with Crippen molar-refractivity contribution in [1.82, 2.24) is 5.32 Å². The smallest absolute Gasteiger partial charge is 0.0715 e. The van der Waals surface area contributed by atoms with Gasteiger partial charge in [-0.1, -0.05) is 42.5 Å². The molecule has 80 valence electrons. The summed E-state index contributed by atoms with van der Waals surface area (Å²) in [6.45, 7) is 2.80. The van der Waals surface area contributed by atoms with Gasteiger partial charge in [0.25, 0.3) is 0 Å². The lowest BCUT2D eigenvalue weighted by molar-refractivity contribution is 0.0898. The molecule has 0 aromatic heterocycles. The van der Waals surface area contributed by atoms with Crippen LogP contribution < -0.4 is 5.32 Å². The summed E-state index contributed by atoms with van der Waals surface area (Å²) in [6.07, 6.45) is 5.72. The van der Waals surface area contributed by atoms with Crippen LogP contribution in [0.25, 0.3) is 6.08 Å². The molecule has 1 aromatic rings. The van der Waals surface area contributed by atoms with E-state index >= 15 is 0 Å². The summed E-state index contributed by atoms with van der Waals surface area (Å²) in [7, 11) is 0.